The smallest absolute Gasteiger partial charge is 0.215 e. The van der Waals surface area contributed by atoms with Crippen molar-refractivity contribution in [2.45, 2.75) is 31.8 Å². The molecule has 5 heteroatoms. The van der Waals surface area contributed by atoms with Crippen molar-refractivity contribution < 1.29 is 9.47 Å². The van der Waals surface area contributed by atoms with Crippen molar-refractivity contribution in [1.29, 1.82) is 0 Å². The molecule has 0 aromatic carbocycles. The molecule has 1 saturated carbocycles. The van der Waals surface area contributed by atoms with Crippen LogP contribution in [0.15, 0.2) is 12.1 Å². The Morgan fingerprint density at radius 2 is 2.17 bits per heavy atom. The molecule has 1 aromatic rings. The van der Waals surface area contributed by atoms with E-state index in [1.54, 1.807) is 19.2 Å². The summed E-state index contributed by atoms with van der Waals surface area (Å²) in [6.45, 7) is 1.39. The first kappa shape index (κ1) is 13.0. The maximum atomic E-state index is 5.83. The molecule has 1 heterocycles. The molecule has 2 rings (SSSR count). The molecule has 100 valence electrons. The fraction of sp³-hybridized carbons (Fsp3) is 0.615. The topological polar surface area (TPSA) is 69.4 Å². The summed E-state index contributed by atoms with van der Waals surface area (Å²) >= 11 is 0. The summed E-state index contributed by atoms with van der Waals surface area (Å²) in [5, 5.41) is 3.17. The van der Waals surface area contributed by atoms with Gasteiger partial charge in [0.05, 0.1) is 25.5 Å². The normalized spacial score (nSPS) is 15.8. The Bertz CT molecular complexity index is 378. The molecule has 1 aliphatic rings. The van der Waals surface area contributed by atoms with Crippen LogP contribution in [-0.4, -0.2) is 31.3 Å². The largest absolute Gasteiger partial charge is 0.481 e. The number of aromatic nitrogens is 1. The van der Waals surface area contributed by atoms with E-state index in [-0.39, 0.29) is 0 Å². The van der Waals surface area contributed by atoms with Crippen molar-refractivity contribution in [3.05, 3.63) is 12.1 Å². The van der Waals surface area contributed by atoms with E-state index in [4.69, 9.17) is 15.2 Å². The quantitative estimate of drug-likeness (QED) is 0.757. The third-order valence-corrected chi connectivity index (χ3v) is 3.16. The van der Waals surface area contributed by atoms with Gasteiger partial charge in [-0.1, -0.05) is 12.8 Å². The molecule has 0 unspecified atom stereocenters. The van der Waals surface area contributed by atoms with Crippen molar-refractivity contribution in [3.63, 3.8) is 0 Å². The average Bonchev–Trinajstić information content (AvgIpc) is 2.89. The third-order valence-electron chi connectivity index (χ3n) is 3.16. The maximum Gasteiger partial charge on any atom is 0.215 e. The van der Waals surface area contributed by atoms with Crippen molar-refractivity contribution in [2.24, 2.45) is 0 Å². The number of nitrogens with zero attached hydrogens (tertiary/aromatic N) is 1. The van der Waals surface area contributed by atoms with Crippen LogP contribution in [0.3, 0.4) is 0 Å². The molecule has 0 spiro atoms. The Labute approximate surface area is 108 Å². The highest BCUT2D eigenvalue weighted by atomic mass is 16.5. The van der Waals surface area contributed by atoms with Gasteiger partial charge in [0.2, 0.25) is 5.88 Å². The van der Waals surface area contributed by atoms with E-state index in [0.29, 0.717) is 36.6 Å². The number of nitrogen functional groups attached to an aromatic ring is 1. The first-order valence-electron chi connectivity index (χ1n) is 6.45. The van der Waals surface area contributed by atoms with E-state index in [1.165, 1.54) is 25.7 Å². The molecule has 5 nitrogen and oxygen atoms in total. The van der Waals surface area contributed by atoms with Gasteiger partial charge in [-0.25, -0.2) is 0 Å². The van der Waals surface area contributed by atoms with Gasteiger partial charge in [0.15, 0.2) is 5.82 Å². The van der Waals surface area contributed by atoms with E-state index in [9.17, 15) is 0 Å². The minimum absolute atomic E-state index is 0.447. The highest BCUT2D eigenvalue weighted by Crippen LogP contribution is 2.21. The lowest BCUT2D eigenvalue weighted by atomic mass is 10.3. The number of nitrogens with two attached hydrogens (primary N) is 1. The van der Waals surface area contributed by atoms with Crippen LogP contribution in [0, 0.1) is 0 Å². The summed E-state index contributed by atoms with van der Waals surface area (Å²) in [5.74, 6) is 1.22. The minimum atomic E-state index is 0.447. The molecular weight excluding hydrogens is 230 g/mol. The summed E-state index contributed by atoms with van der Waals surface area (Å²) in [4.78, 5) is 4.25. The number of pyridine rings is 1. The van der Waals surface area contributed by atoms with Crippen LogP contribution in [0.4, 0.5) is 11.5 Å². The second-order valence-electron chi connectivity index (χ2n) is 4.50. The van der Waals surface area contributed by atoms with Crippen molar-refractivity contribution in [1.82, 2.24) is 4.98 Å². The standard InChI is InChI=1S/C13H21N3O2/c1-17-12-7-6-11(14)13(16-12)15-8-9-18-10-4-2-3-5-10/h6-7,10H,2-5,8-9,14H2,1H3,(H,15,16). The zero-order valence-corrected chi connectivity index (χ0v) is 10.8. The zero-order chi connectivity index (χ0) is 12.8. The summed E-state index contributed by atoms with van der Waals surface area (Å²) in [7, 11) is 1.59. The Hall–Kier alpha value is -1.49. The van der Waals surface area contributed by atoms with Crippen LogP contribution < -0.4 is 15.8 Å². The van der Waals surface area contributed by atoms with E-state index >= 15 is 0 Å². The van der Waals surface area contributed by atoms with Gasteiger partial charge in [-0.2, -0.15) is 4.98 Å². The Kier molecular flexibility index (Phi) is 4.64. The van der Waals surface area contributed by atoms with Crippen LogP contribution in [0.5, 0.6) is 5.88 Å². The molecule has 0 amide bonds. The Morgan fingerprint density at radius 1 is 1.39 bits per heavy atom. The lowest BCUT2D eigenvalue weighted by molar-refractivity contribution is 0.0659. The van der Waals surface area contributed by atoms with E-state index < -0.39 is 0 Å². The zero-order valence-electron chi connectivity index (χ0n) is 10.8. The van der Waals surface area contributed by atoms with Crippen LogP contribution in [-0.2, 0) is 4.74 Å². The van der Waals surface area contributed by atoms with Gasteiger partial charge in [-0.15, -0.1) is 0 Å². The minimum Gasteiger partial charge on any atom is -0.481 e. The number of anilines is 2. The number of hydrogen-bond acceptors (Lipinski definition) is 5. The van der Waals surface area contributed by atoms with Gasteiger partial charge < -0.3 is 20.5 Å². The SMILES string of the molecule is COc1ccc(N)c(NCCOC2CCCC2)n1. The van der Waals surface area contributed by atoms with E-state index in [0.717, 1.165) is 0 Å². The van der Waals surface area contributed by atoms with Gasteiger partial charge in [-0.05, 0) is 18.9 Å². The lowest BCUT2D eigenvalue weighted by Gasteiger charge is -2.13. The summed E-state index contributed by atoms with van der Waals surface area (Å²) < 4.78 is 10.8. The van der Waals surface area contributed by atoms with Crippen molar-refractivity contribution in [3.8, 4) is 5.88 Å². The number of nitrogens with one attached hydrogen (secondary N) is 1. The predicted molar refractivity (Wildman–Crippen MR) is 71.9 cm³/mol. The molecule has 1 fully saturated rings. The Morgan fingerprint density at radius 3 is 2.89 bits per heavy atom. The van der Waals surface area contributed by atoms with Crippen LogP contribution >= 0.6 is 0 Å². The summed E-state index contributed by atoms with van der Waals surface area (Å²) in [6.07, 6.45) is 5.42. The molecule has 1 aliphatic carbocycles. The third kappa shape index (κ3) is 3.50. The van der Waals surface area contributed by atoms with Crippen LogP contribution in [0.1, 0.15) is 25.7 Å². The maximum absolute atomic E-state index is 5.83. The van der Waals surface area contributed by atoms with Gasteiger partial charge >= 0.3 is 0 Å². The molecule has 0 atom stereocenters. The van der Waals surface area contributed by atoms with Crippen molar-refractivity contribution >= 4 is 11.5 Å². The molecule has 0 aliphatic heterocycles. The average molecular weight is 251 g/mol. The second-order valence-corrected chi connectivity index (χ2v) is 4.50. The highest BCUT2D eigenvalue weighted by Gasteiger charge is 2.14. The molecule has 1 aromatic heterocycles. The second kappa shape index (κ2) is 6.44. The molecule has 0 radical (unpaired) electrons. The fourth-order valence-corrected chi connectivity index (χ4v) is 2.16. The number of hydrogen-bond donors (Lipinski definition) is 2. The summed E-state index contributed by atoms with van der Waals surface area (Å²) in [6, 6.07) is 3.53. The van der Waals surface area contributed by atoms with Gasteiger partial charge in [0.25, 0.3) is 0 Å². The van der Waals surface area contributed by atoms with Gasteiger partial charge in [-0.3, -0.25) is 0 Å². The van der Waals surface area contributed by atoms with Crippen LogP contribution in [0.25, 0.3) is 0 Å². The molecular formula is C13H21N3O2. The summed E-state index contributed by atoms with van der Waals surface area (Å²) in [5.41, 5.74) is 6.45. The van der Waals surface area contributed by atoms with E-state index in [2.05, 4.69) is 10.3 Å². The predicted octanol–water partition coefficient (Wildman–Crippen LogP) is 2.04. The van der Waals surface area contributed by atoms with E-state index in [1.807, 2.05) is 0 Å². The van der Waals surface area contributed by atoms with Gasteiger partial charge in [0.1, 0.15) is 0 Å². The Balaban J connectivity index is 1.75. The first-order chi connectivity index (χ1) is 8.79. The number of rotatable bonds is 6. The van der Waals surface area contributed by atoms with Crippen molar-refractivity contribution in [2.75, 3.05) is 31.3 Å². The van der Waals surface area contributed by atoms with Gasteiger partial charge in [0, 0.05) is 12.6 Å². The molecule has 0 bridgehead atoms. The first-order valence-corrected chi connectivity index (χ1v) is 6.45. The monoisotopic (exact) mass is 251 g/mol. The number of ether oxygens (including phenoxy) is 2. The highest BCUT2D eigenvalue weighted by molar-refractivity contribution is 5.61. The molecule has 18 heavy (non-hydrogen) atoms. The van der Waals surface area contributed by atoms with Crippen LogP contribution in [0.2, 0.25) is 0 Å². The fourth-order valence-electron chi connectivity index (χ4n) is 2.16. The molecule has 0 saturated heterocycles. The molecule has 3 N–H and O–H groups in total. The lowest BCUT2D eigenvalue weighted by Crippen LogP contribution is -2.16. The number of methoxy groups -OCH3 is 1.